The van der Waals surface area contributed by atoms with Crippen molar-refractivity contribution in [3.63, 3.8) is 0 Å². The Bertz CT molecular complexity index is 1570. The summed E-state index contributed by atoms with van der Waals surface area (Å²) < 4.78 is 30.2. The topological polar surface area (TPSA) is 114 Å². The molecular formula is C63H111N2O7P. The summed E-state index contributed by atoms with van der Waals surface area (Å²) in [6.45, 7) is 6.63. The van der Waals surface area contributed by atoms with Gasteiger partial charge in [-0.05, 0) is 96.0 Å². The summed E-state index contributed by atoms with van der Waals surface area (Å²) in [5.41, 5.74) is 0. The Balaban J connectivity index is 5.25. The largest absolute Gasteiger partial charge is 0.756 e. The molecule has 0 fully saturated rings. The van der Waals surface area contributed by atoms with E-state index in [0.717, 1.165) is 103 Å². The van der Waals surface area contributed by atoms with Crippen LogP contribution in [0.3, 0.4) is 0 Å². The second-order valence-corrected chi connectivity index (χ2v) is 22.2. The first-order valence-electron chi connectivity index (χ1n) is 29.6. The normalized spacial score (nSPS) is 14.5. The number of nitrogens with zero attached hydrogens (tertiary/aromatic N) is 1. The third-order valence-electron chi connectivity index (χ3n) is 12.6. The molecule has 9 nitrogen and oxygen atoms in total. The van der Waals surface area contributed by atoms with E-state index in [2.05, 4.69) is 105 Å². The van der Waals surface area contributed by atoms with E-state index in [9.17, 15) is 19.0 Å². The number of phosphoric acid groups is 1. The van der Waals surface area contributed by atoms with E-state index in [-0.39, 0.29) is 31.3 Å². The fourth-order valence-electron chi connectivity index (χ4n) is 7.97. The van der Waals surface area contributed by atoms with Crippen molar-refractivity contribution in [3.05, 3.63) is 97.2 Å². The van der Waals surface area contributed by atoms with Gasteiger partial charge in [0.15, 0.2) is 0 Å². The summed E-state index contributed by atoms with van der Waals surface area (Å²) in [5.74, 6) is -0.584. The highest BCUT2D eigenvalue weighted by molar-refractivity contribution is 7.45. The van der Waals surface area contributed by atoms with Gasteiger partial charge in [0.05, 0.1) is 33.8 Å². The lowest BCUT2D eigenvalue weighted by Crippen LogP contribution is -2.47. The molecular weight excluding hydrogens is 928 g/mol. The summed E-state index contributed by atoms with van der Waals surface area (Å²) in [7, 11) is 1.15. The Labute approximate surface area is 449 Å². The van der Waals surface area contributed by atoms with E-state index >= 15 is 0 Å². The van der Waals surface area contributed by atoms with Crippen LogP contribution in [0, 0.1) is 0 Å². The first kappa shape index (κ1) is 69.9. The highest BCUT2D eigenvalue weighted by Crippen LogP contribution is 2.38. The molecule has 0 aromatic carbocycles. The molecule has 0 spiro atoms. The lowest BCUT2D eigenvalue weighted by atomic mass is 10.1. The van der Waals surface area contributed by atoms with E-state index in [0.29, 0.717) is 23.9 Å². The van der Waals surface area contributed by atoms with Crippen LogP contribution in [-0.2, 0) is 27.9 Å². The summed E-state index contributed by atoms with van der Waals surface area (Å²) >= 11 is 0. The molecule has 73 heavy (non-hydrogen) atoms. The van der Waals surface area contributed by atoms with Gasteiger partial charge < -0.3 is 28.5 Å². The van der Waals surface area contributed by atoms with Crippen molar-refractivity contribution in [2.75, 3.05) is 40.9 Å². The number of carbonyl (C=O) groups is 2. The molecule has 0 saturated heterocycles. The molecule has 420 valence electrons. The van der Waals surface area contributed by atoms with Gasteiger partial charge in [0.1, 0.15) is 19.3 Å². The number of carbonyl (C=O) groups excluding carboxylic acids is 2. The molecule has 1 amide bonds. The van der Waals surface area contributed by atoms with E-state index < -0.39 is 26.6 Å². The van der Waals surface area contributed by atoms with Crippen LogP contribution in [0.1, 0.15) is 239 Å². The molecule has 0 saturated carbocycles. The minimum absolute atomic E-state index is 0.0333. The number of esters is 1. The second kappa shape index (κ2) is 52.4. The Morgan fingerprint density at radius 1 is 0.507 bits per heavy atom. The van der Waals surface area contributed by atoms with Crippen LogP contribution < -0.4 is 10.2 Å². The number of allylic oxidation sites excluding steroid dienone is 15. The number of likely N-dealkylation sites (N-methyl/N-ethyl adjacent to an activating group) is 1. The number of ether oxygens (including phenoxy) is 1. The van der Waals surface area contributed by atoms with Crippen LogP contribution in [-0.4, -0.2) is 69.4 Å². The number of phosphoric ester groups is 1. The number of unbranched alkanes of at least 4 members (excludes halogenated alkanes) is 24. The minimum atomic E-state index is -4.71. The van der Waals surface area contributed by atoms with Crippen LogP contribution in [0.25, 0.3) is 0 Å². The molecule has 0 aromatic heterocycles. The number of nitrogens with one attached hydrogen (secondary N) is 1. The van der Waals surface area contributed by atoms with Gasteiger partial charge in [0, 0.05) is 12.8 Å². The van der Waals surface area contributed by atoms with Crippen LogP contribution >= 0.6 is 7.82 Å². The number of quaternary nitrogens is 1. The Morgan fingerprint density at radius 2 is 0.932 bits per heavy atom. The van der Waals surface area contributed by atoms with E-state index in [1.807, 2.05) is 39.4 Å². The summed E-state index contributed by atoms with van der Waals surface area (Å²) in [6, 6.07) is -0.908. The molecule has 0 radical (unpaired) electrons. The van der Waals surface area contributed by atoms with Gasteiger partial charge in [-0.3, -0.25) is 14.2 Å². The van der Waals surface area contributed by atoms with Crippen molar-refractivity contribution >= 4 is 19.7 Å². The summed E-state index contributed by atoms with van der Waals surface area (Å²) in [4.78, 5) is 39.8. The van der Waals surface area contributed by atoms with Gasteiger partial charge in [0.25, 0.3) is 7.82 Å². The molecule has 0 bridgehead atoms. The second-order valence-electron chi connectivity index (χ2n) is 20.8. The zero-order valence-corrected chi connectivity index (χ0v) is 48.7. The average Bonchev–Trinajstić information content (AvgIpc) is 3.35. The van der Waals surface area contributed by atoms with E-state index in [4.69, 9.17) is 13.8 Å². The van der Waals surface area contributed by atoms with Gasteiger partial charge in [-0.15, -0.1) is 0 Å². The van der Waals surface area contributed by atoms with E-state index in [1.54, 1.807) is 0 Å². The van der Waals surface area contributed by atoms with Gasteiger partial charge >= 0.3 is 5.97 Å². The quantitative estimate of drug-likeness (QED) is 0.0161. The summed E-state index contributed by atoms with van der Waals surface area (Å²) in [6.07, 6.45) is 69.5. The Kier molecular flexibility index (Phi) is 50.2. The van der Waals surface area contributed by atoms with Crippen molar-refractivity contribution in [1.29, 1.82) is 0 Å². The smallest absolute Gasteiger partial charge is 0.306 e. The fraction of sp³-hybridized carbons (Fsp3) is 0.714. The molecule has 3 unspecified atom stereocenters. The molecule has 10 heteroatoms. The zero-order valence-electron chi connectivity index (χ0n) is 47.8. The zero-order chi connectivity index (χ0) is 53.6. The number of amides is 1. The Hall–Kier alpha value is -3.07. The van der Waals surface area contributed by atoms with Crippen LogP contribution in [0.4, 0.5) is 0 Å². The number of hydrogen-bond donors (Lipinski definition) is 1. The molecule has 0 aromatic rings. The summed E-state index contributed by atoms with van der Waals surface area (Å²) in [5, 5.41) is 3.00. The van der Waals surface area contributed by atoms with Gasteiger partial charge in [-0.25, -0.2) is 0 Å². The predicted molar refractivity (Wildman–Crippen MR) is 311 cm³/mol. The third kappa shape index (κ3) is 53.6. The molecule has 0 heterocycles. The molecule has 0 aliphatic rings. The lowest BCUT2D eigenvalue weighted by Gasteiger charge is -2.30. The SMILES string of the molecule is CC/C=C/C=C/C=C\CCCCCCCC(=O)NC(COP(=O)([O-])OCC[N+](C)(C)C)C(/C=C\CCCCCCCCCCC)OC(=O)CCCCCCCCC/C=C\C/C=C\C/C=C\C/C=C\CCCCC. The molecule has 1 N–H and O–H groups in total. The monoisotopic (exact) mass is 1040 g/mol. The highest BCUT2D eigenvalue weighted by Gasteiger charge is 2.27. The number of rotatable bonds is 52. The van der Waals surface area contributed by atoms with Crippen LogP contribution in [0.5, 0.6) is 0 Å². The molecule has 0 aliphatic heterocycles. The maximum atomic E-state index is 13.5. The lowest BCUT2D eigenvalue weighted by molar-refractivity contribution is -0.870. The Morgan fingerprint density at radius 3 is 1.45 bits per heavy atom. The minimum Gasteiger partial charge on any atom is -0.756 e. The van der Waals surface area contributed by atoms with Crippen molar-refractivity contribution in [2.24, 2.45) is 0 Å². The standard InChI is InChI=1S/C63H111N2O7P/c1-7-10-13-16-19-22-25-27-28-29-30-31-32-33-34-35-36-38-41-44-47-50-53-56-63(67)72-61(54-51-48-45-42-39-24-21-18-15-12-9-3)60(59-71-73(68,69)70-58-57-65(4,5)6)64-62(66)55-52-49-46-43-40-37-26-23-20-17-14-11-8-2/h11,14,17,19-20,22-23,26-28,30-31,33-34,51,54,60-61H,7-10,12-13,15-16,18,21,24-25,29,32,35-50,52-53,55-59H2,1-6H3,(H-,64,66,68,69)/b14-11+,20-17+,22-19-,26-23-,28-27-,31-30-,34-33-,54-51-. The highest BCUT2D eigenvalue weighted by atomic mass is 31.2. The van der Waals surface area contributed by atoms with Gasteiger partial charge in [-0.2, -0.15) is 0 Å². The van der Waals surface area contributed by atoms with Crippen molar-refractivity contribution < 1.29 is 37.3 Å². The third-order valence-corrected chi connectivity index (χ3v) is 13.5. The van der Waals surface area contributed by atoms with Crippen molar-refractivity contribution in [3.8, 4) is 0 Å². The molecule has 3 atom stereocenters. The van der Waals surface area contributed by atoms with E-state index in [1.165, 1.54) is 89.9 Å². The first-order chi connectivity index (χ1) is 35.4. The van der Waals surface area contributed by atoms with Gasteiger partial charge in [0.2, 0.25) is 5.91 Å². The van der Waals surface area contributed by atoms with Crippen LogP contribution in [0.15, 0.2) is 97.2 Å². The molecule has 0 aliphatic carbocycles. The average molecular weight is 1040 g/mol. The maximum Gasteiger partial charge on any atom is 0.306 e. The molecule has 0 rings (SSSR count). The maximum absolute atomic E-state index is 13.5. The number of hydrogen-bond acceptors (Lipinski definition) is 7. The van der Waals surface area contributed by atoms with Crippen molar-refractivity contribution in [2.45, 2.75) is 251 Å². The predicted octanol–water partition coefficient (Wildman–Crippen LogP) is 17.4. The van der Waals surface area contributed by atoms with Crippen LogP contribution in [0.2, 0.25) is 0 Å². The first-order valence-corrected chi connectivity index (χ1v) is 31.0. The van der Waals surface area contributed by atoms with Crippen molar-refractivity contribution in [1.82, 2.24) is 5.32 Å². The fourth-order valence-corrected chi connectivity index (χ4v) is 8.70. The van der Waals surface area contributed by atoms with Gasteiger partial charge in [-0.1, -0.05) is 227 Å².